The molecule has 0 amide bonds. The molecule has 10 heteroatoms. The van der Waals surface area contributed by atoms with E-state index in [0.29, 0.717) is 36.8 Å². The Hall–Kier alpha value is -3.61. The largest absolute Gasteiger partial charge is 0.501 e. The molecule has 6 aromatic rings. The van der Waals surface area contributed by atoms with Gasteiger partial charge in [-0.3, -0.25) is 0 Å². The fourth-order valence-corrected chi connectivity index (χ4v) is 9.43. The number of hydrogen-bond acceptors (Lipinski definition) is 3. The van der Waals surface area contributed by atoms with E-state index in [1.54, 1.807) is 109 Å². The van der Waals surface area contributed by atoms with Gasteiger partial charge in [-0.05, 0) is 82.2 Å². The predicted octanol–water partition coefficient (Wildman–Crippen LogP) is 8.90. The normalized spacial score (nSPS) is 12.6. The zero-order chi connectivity index (χ0) is 30.6. The molecule has 0 aliphatic heterocycles. The molecule has 0 atom stereocenters. The van der Waals surface area contributed by atoms with Gasteiger partial charge < -0.3 is 4.57 Å². The fraction of sp³-hybridized carbons (Fsp3) is 0.0303. The van der Waals surface area contributed by atoms with E-state index in [1.807, 2.05) is 0 Å². The maximum absolute atomic E-state index is 15.7. The molecule has 0 bridgehead atoms. The summed E-state index contributed by atoms with van der Waals surface area (Å²) in [4.78, 5) is -0.921. The monoisotopic (exact) mass is 654 g/mol. The van der Waals surface area contributed by atoms with Crippen LogP contribution in [0.2, 0.25) is 10.0 Å². The molecule has 43 heavy (non-hydrogen) atoms. The average molecular weight is 655 g/mol. The third-order valence-electron chi connectivity index (χ3n) is 7.36. The van der Waals surface area contributed by atoms with Gasteiger partial charge in [-0.2, -0.15) is 13.2 Å². The summed E-state index contributed by atoms with van der Waals surface area (Å²) in [5.41, 5.74) is -5.62. The third-order valence-corrected chi connectivity index (χ3v) is 12.5. The van der Waals surface area contributed by atoms with E-state index in [-0.39, 0.29) is 21.8 Å². The molecule has 0 radical (unpaired) electrons. The van der Waals surface area contributed by atoms with Crippen molar-refractivity contribution < 1.29 is 26.2 Å². The second-order valence-corrected chi connectivity index (χ2v) is 15.4. The Morgan fingerprint density at radius 3 is 1.49 bits per heavy atom. The Bertz CT molecular complexity index is 2130. The van der Waals surface area contributed by atoms with Crippen LogP contribution in [-0.4, -0.2) is 13.9 Å². The van der Waals surface area contributed by atoms with Crippen molar-refractivity contribution in [2.75, 3.05) is 0 Å². The highest BCUT2D eigenvalue weighted by Gasteiger charge is 2.49. The van der Waals surface area contributed by atoms with E-state index < -0.39 is 27.4 Å². The van der Waals surface area contributed by atoms with Gasteiger partial charge in [-0.25, -0.2) is 8.42 Å². The van der Waals surface area contributed by atoms with Crippen LogP contribution < -0.4 is 15.9 Å². The van der Waals surface area contributed by atoms with Crippen LogP contribution >= 0.6 is 30.3 Å². The first-order chi connectivity index (χ1) is 20.4. The molecule has 0 aromatic heterocycles. The van der Waals surface area contributed by atoms with E-state index in [0.717, 1.165) is 6.07 Å². The second-order valence-electron chi connectivity index (χ2n) is 9.85. The van der Waals surface area contributed by atoms with Gasteiger partial charge in [0.1, 0.15) is 0 Å². The van der Waals surface area contributed by atoms with Crippen molar-refractivity contribution in [3.63, 3.8) is 0 Å². The lowest BCUT2D eigenvalue weighted by atomic mass is 9.94. The van der Waals surface area contributed by atoms with Crippen LogP contribution in [0.25, 0.3) is 32.7 Å². The summed E-state index contributed by atoms with van der Waals surface area (Å²) in [6, 6.07) is 31.9. The summed E-state index contributed by atoms with van der Waals surface area (Å²) < 4.78 is 84.7. The maximum Gasteiger partial charge on any atom is 0.501 e. The quantitative estimate of drug-likeness (QED) is 0.174. The van der Waals surface area contributed by atoms with Crippen molar-refractivity contribution in [3.05, 3.63) is 131 Å². The molecule has 3 nitrogen and oxygen atoms in total. The first-order valence-corrected chi connectivity index (χ1v) is 16.9. The summed E-state index contributed by atoms with van der Waals surface area (Å²) >= 11 is 12.4. The topological polar surface area (TPSA) is 51.2 Å². The van der Waals surface area contributed by atoms with Gasteiger partial charge in [-0.15, -0.1) is 0 Å². The highest BCUT2D eigenvalue weighted by atomic mass is 35.5. The van der Waals surface area contributed by atoms with Gasteiger partial charge in [0.05, 0.1) is 4.90 Å². The van der Waals surface area contributed by atoms with Gasteiger partial charge in [0.2, 0.25) is 0 Å². The predicted molar refractivity (Wildman–Crippen MR) is 170 cm³/mol. The number of fused-ring (bicyclic) bond motifs is 2. The van der Waals surface area contributed by atoms with Crippen LogP contribution in [0.1, 0.15) is 0 Å². The zero-order valence-electron chi connectivity index (χ0n) is 22.0. The summed E-state index contributed by atoms with van der Waals surface area (Å²) in [6.45, 7) is 0. The van der Waals surface area contributed by atoms with Gasteiger partial charge in [0.15, 0.2) is 7.14 Å². The van der Waals surface area contributed by atoms with Crippen LogP contribution in [0.4, 0.5) is 13.2 Å². The maximum atomic E-state index is 15.7. The molecule has 0 heterocycles. The number of hydrogen-bond donors (Lipinski definition) is 0. The minimum absolute atomic E-state index is 0.131. The summed E-state index contributed by atoms with van der Waals surface area (Å²) in [5, 5.41) is 3.55. The number of benzene rings is 6. The average Bonchev–Trinajstić information content (AvgIpc) is 2.99. The van der Waals surface area contributed by atoms with E-state index in [1.165, 1.54) is 6.07 Å². The van der Waals surface area contributed by atoms with Gasteiger partial charge in [0.25, 0.3) is 9.84 Å². The summed E-state index contributed by atoms with van der Waals surface area (Å²) in [5.74, 6) is 0. The molecule has 6 rings (SSSR count). The zero-order valence-corrected chi connectivity index (χ0v) is 25.2. The van der Waals surface area contributed by atoms with E-state index in [9.17, 15) is 21.6 Å². The molecule has 0 fully saturated rings. The minimum atomic E-state index is -5.84. The molecule has 0 aliphatic rings. The molecule has 0 saturated carbocycles. The summed E-state index contributed by atoms with van der Waals surface area (Å²) in [6.07, 6.45) is 0. The van der Waals surface area contributed by atoms with Crippen molar-refractivity contribution in [1.82, 2.24) is 0 Å². The van der Waals surface area contributed by atoms with Crippen LogP contribution in [0.15, 0.2) is 126 Å². The molecule has 0 N–H and O–H groups in total. The van der Waals surface area contributed by atoms with E-state index >= 15 is 4.57 Å². The van der Waals surface area contributed by atoms with Crippen LogP contribution in [0, 0.1) is 0 Å². The molecule has 6 aromatic carbocycles. The molecule has 0 unspecified atom stereocenters. The second kappa shape index (κ2) is 10.8. The Balaban J connectivity index is 1.86. The highest BCUT2D eigenvalue weighted by Crippen LogP contribution is 2.50. The lowest BCUT2D eigenvalue weighted by Gasteiger charge is -2.26. The minimum Gasteiger partial charge on any atom is -0.309 e. The van der Waals surface area contributed by atoms with Crippen LogP contribution in [0.3, 0.4) is 0 Å². The third kappa shape index (κ3) is 4.95. The molecule has 0 saturated heterocycles. The van der Waals surface area contributed by atoms with Crippen LogP contribution in [-0.2, 0) is 14.4 Å². The van der Waals surface area contributed by atoms with Crippen molar-refractivity contribution in [1.29, 1.82) is 0 Å². The van der Waals surface area contributed by atoms with Crippen molar-refractivity contribution in [2.24, 2.45) is 0 Å². The molecule has 216 valence electrons. The Labute approximate surface area is 255 Å². The first-order valence-electron chi connectivity index (χ1n) is 12.9. The fourth-order valence-electron chi connectivity index (χ4n) is 5.37. The highest BCUT2D eigenvalue weighted by molar-refractivity contribution is 7.92. The van der Waals surface area contributed by atoms with Crippen molar-refractivity contribution in [2.45, 2.75) is 10.4 Å². The number of sulfone groups is 1. The Morgan fingerprint density at radius 2 is 1.00 bits per heavy atom. The van der Waals surface area contributed by atoms with Crippen molar-refractivity contribution >= 4 is 77.6 Å². The van der Waals surface area contributed by atoms with Gasteiger partial charge >= 0.3 is 5.51 Å². The van der Waals surface area contributed by atoms with E-state index in [4.69, 9.17) is 23.2 Å². The van der Waals surface area contributed by atoms with Gasteiger partial charge in [-0.1, -0.05) is 83.9 Å². The lowest BCUT2D eigenvalue weighted by Crippen LogP contribution is -2.28. The standard InChI is InChI=1S/C33H20Cl2F3O3PS/c34-23-11-15-25(16-12-23)42(39,26-17-13-24(35)14-18-26)29-19-9-21-5-1-3-7-27(21)31(29)32-28-8-4-2-6-22(28)10-20-30(32)43(40,41)33(36,37)38/h1-20H. The van der Waals surface area contributed by atoms with E-state index in [2.05, 4.69) is 0 Å². The van der Waals surface area contributed by atoms with Crippen molar-refractivity contribution in [3.8, 4) is 11.1 Å². The number of alkyl halides is 3. The van der Waals surface area contributed by atoms with Gasteiger partial charge in [0, 0.05) is 37.1 Å². The molecular weight excluding hydrogens is 635 g/mol. The Kier molecular flexibility index (Phi) is 7.42. The smallest absolute Gasteiger partial charge is 0.309 e. The Morgan fingerprint density at radius 1 is 0.558 bits per heavy atom. The summed E-state index contributed by atoms with van der Waals surface area (Å²) in [7, 11) is -9.75. The molecule has 0 spiro atoms. The number of halogens is 5. The SMILES string of the molecule is O=P(c1ccc(Cl)cc1)(c1ccc(Cl)cc1)c1ccc2ccccc2c1-c1c(S(=O)(=O)C(F)(F)F)ccc2ccccc12. The van der Waals surface area contributed by atoms with Crippen LogP contribution in [0.5, 0.6) is 0 Å². The molecule has 0 aliphatic carbocycles. The molecular formula is C33H20Cl2F3O3PS. The lowest BCUT2D eigenvalue weighted by molar-refractivity contribution is -0.0435. The number of rotatable bonds is 5. The first kappa shape index (κ1) is 29.5.